The van der Waals surface area contributed by atoms with Crippen LogP contribution in [0, 0.1) is 0 Å². The summed E-state index contributed by atoms with van der Waals surface area (Å²) in [4.78, 5) is 26.5. The Morgan fingerprint density at radius 2 is 0.676 bits per heavy atom. The van der Waals surface area contributed by atoms with Gasteiger partial charge in [0.25, 0.3) is 0 Å². The number of nitrogens with one attached hydrogen (secondary N) is 1. The largest absolute Gasteiger partial charge is 0.456 e. The number of aliphatic imine (C=N–C) groups is 2. The van der Waals surface area contributed by atoms with E-state index in [9.17, 15) is 0 Å². The molecule has 0 fully saturated rings. The van der Waals surface area contributed by atoms with Crippen LogP contribution in [-0.2, 0) is 0 Å². The third-order valence-corrected chi connectivity index (χ3v) is 20.2. The van der Waals surface area contributed by atoms with Gasteiger partial charge in [-0.1, -0.05) is 291 Å². The van der Waals surface area contributed by atoms with Crippen molar-refractivity contribution in [3.63, 3.8) is 0 Å². The molecule has 0 saturated carbocycles. The van der Waals surface area contributed by atoms with E-state index in [0.29, 0.717) is 23.3 Å². The number of amidine groups is 2. The Kier molecular flexibility index (Phi) is 13.8. The van der Waals surface area contributed by atoms with E-state index in [0.717, 1.165) is 155 Å². The van der Waals surface area contributed by atoms with E-state index < -0.39 is 6.17 Å². The van der Waals surface area contributed by atoms with Gasteiger partial charge in [0, 0.05) is 49.4 Å². The maximum absolute atomic E-state index is 6.87. The zero-order valence-corrected chi connectivity index (χ0v) is 55.0. The number of hydrogen-bond donors (Lipinski definition) is 1. The zero-order chi connectivity index (χ0) is 67.2. The molecule has 1 aliphatic rings. The van der Waals surface area contributed by atoms with Gasteiger partial charge in [0.05, 0.1) is 0 Å². The first kappa shape index (κ1) is 58.5. The summed E-state index contributed by atoms with van der Waals surface area (Å²) in [5.74, 6) is 3.09. The minimum Gasteiger partial charge on any atom is -0.456 e. The van der Waals surface area contributed by atoms with Crippen molar-refractivity contribution < 1.29 is 8.83 Å². The molecule has 4 heterocycles. The molecule has 476 valence electrons. The first-order chi connectivity index (χ1) is 50.5. The summed E-state index contributed by atoms with van der Waals surface area (Å²) in [7, 11) is 0. The molecular formula is C94H58N6O2. The van der Waals surface area contributed by atoms with E-state index in [1.54, 1.807) is 0 Å². The van der Waals surface area contributed by atoms with Gasteiger partial charge in [0.2, 0.25) is 0 Å². The molecule has 8 nitrogen and oxygen atoms in total. The second-order valence-corrected chi connectivity index (χ2v) is 26.2. The molecule has 1 atom stereocenters. The van der Waals surface area contributed by atoms with Gasteiger partial charge in [-0.3, -0.25) is 0 Å². The van der Waals surface area contributed by atoms with Crippen LogP contribution in [0.2, 0.25) is 0 Å². The lowest BCUT2D eigenvalue weighted by molar-refractivity contribution is 0.667. The molecule has 102 heavy (non-hydrogen) atoms. The van der Waals surface area contributed by atoms with Crippen molar-refractivity contribution >= 4 is 98.6 Å². The van der Waals surface area contributed by atoms with Gasteiger partial charge in [-0.15, -0.1) is 0 Å². The maximum atomic E-state index is 6.87. The lowest BCUT2D eigenvalue weighted by Gasteiger charge is -2.24. The van der Waals surface area contributed by atoms with Crippen molar-refractivity contribution in [2.24, 2.45) is 9.98 Å². The van der Waals surface area contributed by atoms with Crippen LogP contribution < -0.4 is 5.32 Å². The van der Waals surface area contributed by atoms with E-state index in [4.69, 9.17) is 33.8 Å². The number of rotatable bonds is 11. The average Bonchev–Trinajstić information content (AvgIpc) is 1.48. The molecule has 1 aliphatic heterocycles. The molecular weight excluding hydrogens is 1250 g/mol. The normalized spacial score (nSPS) is 13.2. The monoisotopic (exact) mass is 1300 g/mol. The second-order valence-electron chi connectivity index (χ2n) is 26.2. The average molecular weight is 1300 g/mol. The van der Waals surface area contributed by atoms with E-state index in [1.165, 1.54) is 26.9 Å². The molecule has 0 radical (unpaired) electrons. The second kappa shape index (κ2) is 24.1. The molecule has 16 aromatic carbocycles. The van der Waals surface area contributed by atoms with Crippen LogP contribution in [0.4, 0.5) is 0 Å². The van der Waals surface area contributed by atoms with Crippen LogP contribution in [0.3, 0.4) is 0 Å². The van der Waals surface area contributed by atoms with Crippen molar-refractivity contribution in [1.29, 1.82) is 0 Å². The fourth-order valence-electron chi connectivity index (χ4n) is 15.3. The van der Waals surface area contributed by atoms with Crippen LogP contribution in [0.1, 0.15) is 22.9 Å². The molecule has 0 bridgehead atoms. The van der Waals surface area contributed by atoms with E-state index in [1.807, 2.05) is 54.6 Å². The Morgan fingerprint density at radius 3 is 1.38 bits per heavy atom. The van der Waals surface area contributed by atoms with E-state index in [-0.39, 0.29) is 0 Å². The van der Waals surface area contributed by atoms with Crippen LogP contribution in [0.5, 0.6) is 0 Å². The third-order valence-electron chi connectivity index (χ3n) is 20.2. The van der Waals surface area contributed by atoms with E-state index in [2.05, 4.69) is 290 Å². The topological polar surface area (TPSA) is 102 Å². The highest BCUT2D eigenvalue weighted by molar-refractivity contribution is 6.25. The summed E-state index contributed by atoms with van der Waals surface area (Å²) in [6, 6.07) is 120. The minimum absolute atomic E-state index is 0.405. The summed E-state index contributed by atoms with van der Waals surface area (Å²) in [5.41, 5.74) is 19.6. The predicted octanol–water partition coefficient (Wildman–Crippen LogP) is 24.1. The summed E-state index contributed by atoms with van der Waals surface area (Å²) in [5, 5.41) is 17.2. The zero-order valence-electron chi connectivity index (χ0n) is 55.0. The van der Waals surface area contributed by atoms with Crippen LogP contribution in [-0.4, -0.2) is 26.6 Å². The number of hydrogen-bond acceptors (Lipinski definition) is 8. The number of fused-ring (bicyclic) bond motifs is 12. The van der Waals surface area contributed by atoms with Crippen LogP contribution >= 0.6 is 0 Å². The predicted molar refractivity (Wildman–Crippen MR) is 420 cm³/mol. The Hall–Kier alpha value is -13.7. The molecule has 3 aromatic heterocycles. The van der Waals surface area contributed by atoms with Crippen LogP contribution in [0.25, 0.3) is 177 Å². The molecule has 1 unspecified atom stereocenters. The highest BCUT2D eigenvalue weighted by Crippen LogP contribution is 2.47. The van der Waals surface area contributed by atoms with Crippen molar-refractivity contribution in [3.05, 3.63) is 356 Å². The van der Waals surface area contributed by atoms with Crippen molar-refractivity contribution in [3.8, 4) is 89.8 Å². The van der Waals surface area contributed by atoms with Gasteiger partial charge in [-0.2, -0.15) is 0 Å². The summed E-state index contributed by atoms with van der Waals surface area (Å²) >= 11 is 0. The fraction of sp³-hybridized carbons (Fsp3) is 0.0106. The number of aromatic nitrogens is 3. The standard InChI is InChI=1S/C94H58N6O2/c1-4-19-57(20-5-1)58-39-44-63(45-40-58)91-95-90(62-24-8-3-9-25-62)98-94(100-91)78-34-18-38-84-88(78)86-76(32-16-36-82(86)102-84)80-56-68-26-11-13-30-72(68)75-52-49-67(55-79(75)80)66-28-14-27-65(53-66)59-41-46-64(47-42-59)92-96-89(61-22-6-2-7-23-61)97-93(99-92)77-33-17-37-83-87(77)85-74(31-15-35-81(85)101-83)70-50-51-73-69(54-70)48-43-60-21-10-12-29-71(60)73/h1-56,89H,(H,96,97,99). The van der Waals surface area contributed by atoms with Gasteiger partial charge >= 0.3 is 0 Å². The lowest BCUT2D eigenvalue weighted by atomic mass is 9.88. The van der Waals surface area contributed by atoms with Crippen LogP contribution in [0.15, 0.2) is 359 Å². The van der Waals surface area contributed by atoms with Gasteiger partial charge in [-0.05, 0) is 153 Å². The van der Waals surface area contributed by atoms with Crippen molar-refractivity contribution in [1.82, 2.24) is 20.3 Å². The molecule has 8 heteroatoms. The molecule has 0 saturated heterocycles. The Balaban J connectivity index is 0.667. The highest BCUT2D eigenvalue weighted by atomic mass is 16.3. The molecule has 0 amide bonds. The Morgan fingerprint density at radius 1 is 0.245 bits per heavy atom. The highest BCUT2D eigenvalue weighted by Gasteiger charge is 2.27. The van der Waals surface area contributed by atoms with Gasteiger partial charge in [0.1, 0.15) is 34.3 Å². The molecule has 1 N–H and O–H groups in total. The quantitative estimate of drug-likeness (QED) is 0.129. The molecule has 20 rings (SSSR count). The fourth-order valence-corrected chi connectivity index (χ4v) is 15.3. The van der Waals surface area contributed by atoms with E-state index >= 15 is 0 Å². The van der Waals surface area contributed by atoms with Gasteiger partial charge in [-0.25, -0.2) is 24.9 Å². The number of nitrogens with zero attached hydrogens (tertiary/aromatic N) is 5. The Labute approximate surface area is 586 Å². The van der Waals surface area contributed by atoms with Crippen molar-refractivity contribution in [2.45, 2.75) is 6.17 Å². The first-order valence-electron chi connectivity index (χ1n) is 34.5. The van der Waals surface area contributed by atoms with Gasteiger partial charge < -0.3 is 14.2 Å². The summed E-state index contributed by atoms with van der Waals surface area (Å²) < 4.78 is 13.6. The first-order valence-corrected chi connectivity index (χ1v) is 34.5. The molecule has 0 spiro atoms. The summed E-state index contributed by atoms with van der Waals surface area (Å²) in [6.07, 6.45) is -0.405. The smallest absolute Gasteiger partial charge is 0.164 e. The summed E-state index contributed by atoms with van der Waals surface area (Å²) in [6.45, 7) is 0. The molecule has 0 aliphatic carbocycles. The minimum atomic E-state index is -0.405. The lowest BCUT2D eigenvalue weighted by Crippen LogP contribution is -2.33. The number of furan rings is 2. The molecule has 19 aromatic rings. The van der Waals surface area contributed by atoms with Crippen molar-refractivity contribution in [2.75, 3.05) is 0 Å². The Bertz CT molecular complexity index is 6640. The SMILES string of the molecule is c1ccc(-c2ccc(-c3nc(-c4ccccc4)nc(-c4cccc5oc6cccc(-c7cc8ccccc8c8ccc(-c9cccc(-c%10ccc(C%11=NC(c%12ccccc%12)NC(c%12cccc%13oc%14cccc(-c%15ccc%16c(ccc%17ccccc%17%16)c%15)c%14c%12%13)=N%11)cc%10)c9)cc78)c6c45)n3)cc2)cc1. The van der Waals surface area contributed by atoms with Gasteiger partial charge in [0.15, 0.2) is 23.3 Å². The third kappa shape index (κ3) is 10.1. The number of benzene rings is 16. The maximum Gasteiger partial charge on any atom is 0.164 e.